The minimum absolute atomic E-state index is 0.633. The number of ether oxygens (including phenoxy) is 1. The Morgan fingerprint density at radius 3 is 2.81 bits per heavy atom. The molecule has 0 amide bonds. The number of aromatic amines is 1. The Kier molecular flexibility index (Phi) is 2.11. The average Bonchev–Trinajstić information content (AvgIpc) is 2.66. The van der Waals surface area contributed by atoms with Gasteiger partial charge in [0.2, 0.25) is 5.88 Å². The molecule has 0 radical (unpaired) electrons. The summed E-state index contributed by atoms with van der Waals surface area (Å²) in [4.78, 5) is 7.50. The molecular weight excluding hydrogens is 268 g/mol. The second-order valence-corrected chi connectivity index (χ2v) is 4.50. The maximum Gasteiger partial charge on any atom is 0.213 e. The van der Waals surface area contributed by atoms with Crippen LogP contribution in [0.25, 0.3) is 21.8 Å². The van der Waals surface area contributed by atoms with Crippen LogP contribution < -0.4 is 4.74 Å². The molecular formula is C12H9BrN2O. The van der Waals surface area contributed by atoms with E-state index in [2.05, 4.69) is 32.0 Å². The number of hydrogen-bond donors (Lipinski definition) is 1. The summed E-state index contributed by atoms with van der Waals surface area (Å²) in [5.74, 6) is 0.633. The summed E-state index contributed by atoms with van der Waals surface area (Å²) in [5, 5.41) is 2.30. The van der Waals surface area contributed by atoms with Crippen molar-refractivity contribution >= 4 is 37.7 Å². The van der Waals surface area contributed by atoms with Crippen molar-refractivity contribution in [1.29, 1.82) is 0 Å². The van der Waals surface area contributed by atoms with Gasteiger partial charge in [0, 0.05) is 26.8 Å². The van der Waals surface area contributed by atoms with Crippen LogP contribution in [-0.2, 0) is 0 Å². The number of halogens is 1. The largest absolute Gasteiger partial charge is 0.481 e. The van der Waals surface area contributed by atoms with Gasteiger partial charge >= 0.3 is 0 Å². The van der Waals surface area contributed by atoms with Crippen molar-refractivity contribution in [2.75, 3.05) is 7.11 Å². The summed E-state index contributed by atoms with van der Waals surface area (Å²) in [7, 11) is 1.62. The van der Waals surface area contributed by atoms with Gasteiger partial charge in [-0.05, 0) is 18.2 Å². The molecule has 3 aromatic rings. The molecule has 1 aromatic carbocycles. The highest BCUT2D eigenvalue weighted by Gasteiger charge is 2.06. The lowest BCUT2D eigenvalue weighted by molar-refractivity contribution is 0.399. The van der Waals surface area contributed by atoms with Crippen LogP contribution in [0.2, 0.25) is 0 Å². The van der Waals surface area contributed by atoms with Gasteiger partial charge < -0.3 is 9.72 Å². The third-order valence-electron chi connectivity index (χ3n) is 2.63. The van der Waals surface area contributed by atoms with Crippen molar-refractivity contribution < 1.29 is 4.74 Å². The van der Waals surface area contributed by atoms with E-state index in [1.165, 1.54) is 5.39 Å². The minimum atomic E-state index is 0.633. The maximum atomic E-state index is 5.13. The number of pyridine rings is 1. The Morgan fingerprint density at radius 2 is 2.00 bits per heavy atom. The smallest absolute Gasteiger partial charge is 0.213 e. The molecule has 0 aliphatic heterocycles. The van der Waals surface area contributed by atoms with Gasteiger partial charge in [0.05, 0.1) is 18.8 Å². The summed E-state index contributed by atoms with van der Waals surface area (Å²) in [5.41, 5.74) is 2.13. The highest BCUT2D eigenvalue weighted by molar-refractivity contribution is 9.10. The van der Waals surface area contributed by atoms with E-state index in [4.69, 9.17) is 4.74 Å². The zero-order valence-corrected chi connectivity index (χ0v) is 10.2. The summed E-state index contributed by atoms with van der Waals surface area (Å²) in [6.45, 7) is 0. The van der Waals surface area contributed by atoms with Gasteiger partial charge in [-0.2, -0.15) is 0 Å². The quantitative estimate of drug-likeness (QED) is 0.739. The normalized spacial score (nSPS) is 11.1. The number of hydrogen-bond acceptors (Lipinski definition) is 2. The van der Waals surface area contributed by atoms with Crippen LogP contribution in [0.4, 0.5) is 0 Å². The Labute approximate surface area is 101 Å². The molecule has 0 spiro atoms. The molecule has 0 atom stereocenters. The fourth-order valence-corrected chi connectivity index (χ4v) is 2.22. The molecule has 0 saturated heterocycles. The Morgan fingerprint density at radius 1 is 1.19 bits per heavy atom. The third-order valence-corrected chi connectivity index (χ3v) is 3.12. The number of aromatic nitrogens is 2. The van der Waals surface area contributed by atoms with Crippen molar-refractivity contribution in [1.82, 2.24) is 9.97 Å². The second-order valence-electron chi connectivity index (χ2n) is 3.59. The fourth-order valence-electron chi connectivity index (χ4n) is 1.86. The lowest BCUT2D eigenvalue weighted by Gasteiger charge is -1.97. The highest BCUT2D eigenvalue weighted by atomic mass is 79.9. The zero-order valence-electron chi connectivity index (χ0n) is 8.62. The lowest BCUT2D eigenvalue weighted by atomic mass is 10.2. The lowest BCUT2D eigenvalue weighted by Crippen LogP contribution is -1.85. The molecule has 3 nitrogen and oxygen atoms in total. The van der Waals surface area contributed by atoms with Crippen LogP contribution in [-0.4, -0.2) is 17.1 Å². The number of benzene rings is 1. The first-order valence-corrected chi connectivity index (χ1v) is 5.68. The molecule has 0 aliphatic rings. The summed E-state index contributed by atoms with van der Waals surface area (Å²) in [6.07, 6.45) is 1.79. The molecule has 0 saturated carbocycles. The van der Waals surface area contributed by atoms with Crippen LogP contribution >= 0.6 is 15.9 Å². The van der Waals surface area contributed by atoms with Gasteiger partial charge in [0.1, 0.15) is 0 Å². The first-order chi connectivity index (χ1) is 7.78. The molecule has 80 valence electrons. The number of H-pyrrole nitrogens is 1. The van der Waals surface area contributed by atoms with Gasteiger partial charge in [-0.15, -0.1) is 0 Å². The van der Waals surface area contributed by atoms with E-state index in [-0.39, 0.29) is 0 Å². The number of fused-ring (bicyclic) bond motifs is 3. The van der Waals surface area contributed by atoms with Crippen molar-refractivity contribution in [2.24, 2.45) is 0 Å². The fraction of sp³-hybridized carbons (Fsp3) is 0.0833. The van der Waals surface area contributed by atoms with Crippen molar-refractivity contribution in [3.05, 3.63) is 34.9 Å². The van der Waals surface area contributed by atoms with Crippen LogP contribution in [0.5, 0.6) is 5.88 Å². The van der Waals surface area contributed by atoms with E-state index in [0.29, 0.717) is 5.88 Å². The monoisotopic (exact) mass is 276 g/mol. The zero-order chi connectivity index (χ0) is 11.1. The Hall–Kier alpha value is -1.55. The van der Waals surface area contributed by atoms with E-state index in [1.54, 1.807) is 13.3 Å². The Balaban J connectivity index is 2.44. The molecule has 1 N–H and O–H groups in total. The molecule has 0 bridgehead atoms. The average molecular weight is 277 g/mol. The van der Waals surface area contributed by atoms with Crippen LogP contribution in [0, 0.1) is 0 Å². The molecule has 0 fully saturated rings. The maximum absolute atomic E-state index is 5.13. The third kappa shape index (κ3) is 1.38. The van der Waals surface area contributed by atoms with E-state index >= 15 is 0 Å². The van der Waals surface area contributed by atoms with E-state index in [0.717, 1.165) is 20.9 Å². The number of nitrogens with one attached hydrogen (secondary N) is 1. The van der Waals surface area contributed by atoms with Crippen molar-refractivity contribution in [2.45, 2.75) is 0 Å². The van der Waals surface area contributed by atoms with Gasteiger partial charge in [-0.1, -0.05) is 15.9 Å². The van der Waals surface area contributed by atoms with Crippen LogP contribution in [0.15, 0.2) is 34.9 Å². The van der Waals surface area contributed by atoms with Gasteiger partial charge in [0.25, 0.3) is 0 Å². The standard InChI is InChI=1S/C12H9BrN2O/c1-16-12-5-9-8-4-7(13)2-3-10(8)15-11(9)6-14-12/h2-6,15H,1H3. The van der Waals surface area contributed by atoms with Crippen LogP contribution in [0.1, 0.15) is 0 Å². The van der Waals surface area contributed by atoms with Gasteiger partial charge in [-0.3, -0.25) is 0 Å². The van der Waals surface area contributed by atoms with Crippen molar-refractivity contribution in [3.8, 4) is 5.88 Å². The van der Waals surface area contributed by atoms with Crippen LogP contribution in [0.3, 0.4) is 0 Å². The minimum Gasteiger partial charge on any atom is -0.481 e. The van der Waals surface area contributed by atoms with Gasteiger partial charge in [-0.25, -0.2) is 4.98 Å². The molecule has 16 heavy (non-hydrogen) atoms. The number of nitrogens with zero attached hydrogens (tertiary/aromatic N) is 1. The molecule has 3 rings (SSSR count). The Bertz CT molecular complexity index is 675. The van der Waals surface area contributed by atoms with Crippen molar-refractivity contribution in [3.63, 3.8) is 0 Å². The summed E-state index contributed by atoms with van der Waals surface area (Å²) >= 11 is 3.48. The van der Waals surface area contributed by atoms with E-state index < -0.39 is 0 Å². The predicted octanol–water partition coefficient (Wildman–Crippen LogP) is 3.49. The number of methoxy groups -OCH3 is 1. The van der Waals surface area contributed by atoms with E-state index in [9.17, 15) is 0 Å². The molecule has 0 aliphatic carbocycles. The van der Waals surface area contributed by atoms with E-state index in [1.807, 2.05) is 18.2 Å². The molecule has 2 heterocycles. The summed E-state index contributed by atoms with van der Waals surface area (Å²) in [6, 6.07) is 8.10. The molecule has 2 aromatic heterocycles. The molecule has 4 heteroatoms. The topological polar surface area (TPSA) is 37.9 Å². The highest BCUT2D eigenvalue weighted by Crippen LogP contribution is 2.29. The number of rotatable bonds is 1. The molecule has 0 unspecified atom stereocenters. The first kappa shape index (κ1) is 9.66. The van der Waals surface area contributed by atoms with Gasteiger partial charge in [0.15, 0.2) is 0 Å². The first-order valence-electron chi connectivity index (χ1n) is 4.89. The summed E-state index contributed by atoms with van der Waals surface area (Å²) < 4.78 is 6.20. The second kappa shape index (κ2) is 3.49. The predicted molar refractivity (Wildman–Crippen MR) is 67.9 cm³/mol. The SMILES string of the molecule is COc1cc2c(cn1)[nH]c1ccc(Br)cc12.